The van der Waals surface area contributed by atoms with Crippen LogP contribution in [-0.4, -0.2) is 4.98 Å². The van der Waals surface area contributed by atoms with Gasteiger partial charge in [-0.25, -0.2) is 4.57 Å². The van der Waals surface area contributed by atoms with Crippen LogP contribution in [0.2, 0.25) is 0 Å². The Morgan fingerprint density at radius 2 is 1.57 bits per heavy atom. The Balaban J connectivity index is 1.76. The lowest BCUT2D eigenvalue weighted by atomic mass is 9.95. The van der Waals surface area contributed by atoms with E-state index in [9.17, 15) is 0 Å². The van der Waals surface area contributed by atoms with Crippen LogP contribution in [-0.2, 0) is 7.05 Å². The molecule has 0 aliphatic rings. The van der Waals surface area contributed by atoms with E-state index >= 15 is 0 Å². The summed E-state index contributed by atoms with van der Waals surface area (Å²) < 4.78 is 2.23. The second kappa shape index (κ2) is 6.58. The predicted octanol–water partition coefficient (Wildman–Crippen LogP) is 5.85. The molecule has 0 unspecified atom stereocenters. The van der Waals surface area contributed by atoms with E-state index in [-0.39, 0.29) is 0 Å². The fourth-order valence-corrected chi connectivity index (χ4v) is 4.03. The van der Waals surface area contributed by atoms with Crippen molar-refractivity contribution in [3.63, 3.8) is 0 Å². The van der Waals surface area contributed by atoms with Crippen LogP contribution in [0.1, 0.15) is 5.56 Å². The first-order valence-corrected chi connectivity index (χ1v) is 9.53. The van der Waals surface area contributed by atoms with Crippen LogP contribution in [0.5, 0.6) is 0 Å². The Hall–Kier alpha value is -3.52. The third-order valence-electron chi connectivity index (χ3n) is 5.48. The maximum atomic E-state index is 4.26. The molecule has 0 atom stereocenters. The fraction of sp³-hybridized carbons (Fsp3) is 0.0769. The van der Waals surface area contributed by atoms with E-state index in [1.807, 2.05) is 18.5 Å². The molecule has 0 saturated carbocycles. The lowest BCUT2D eigenvalue weighted by molar-refractivity contribution is -0.659. The molecule has 0 bridgehead atoms. The number of nitrogens with zero attached hydrogens (tertiary/aromatic N) is 2. The zero-order valence-electron chi connectivity index (χ0n) is 16.1. The van der Waals surface area contributed by atoms with Gasteiger partial charge in [-0.1, -0.05) is 42.5 Å². The van der Waals surface area contributed by atoms with E-state index in [2.05, 4.69) is 96.4 Å². The van der Waals surface area contributed by atoms with Gasteiger partial charge in [-0.15, -0.1) is 0 Å². The summed E-state index contributed by atoms with van der Waals surface area (Å²) in [6.07, 6.45) is 5.88. The highest BCUT2D eigenvalue weighted by atomic mass is 14.9. The summed E-state index contributed by atoms with van der Waals surface area (Å²) in [4.78, 5) is 4.26. The van der Waals surface area contributed by atoms with Crippen LogP contribution in [0.4, 0.5) is 0 Å². The van der Waals surface area contributed by atoms with Crippen molar-refractivity contribution in [2.75, 3.05) is 0 Å². The van der Waals surface area contributed by atoms with Crippen molar-refractivity contribution in [3.05, 3.63) is 97.0 Å². The van der Waals surface area contributed by atoms with Gasteiger partial charge in [0.05, 0.1) is 10.9 Å². The number of aromatic nitrogens is 2. The molecule has 2 aromatic heterocycles. The van der Waals surface area contributed by atoms with Gasteiger partial charge in [0.2, 0.25) is 5.69 Å². The van der Waals surface area contributed by atoms with Gasteiger partial charge in [0.1, 0.15) is 7.05 Å². The number of benzene rings is 3. The van der Waals surface area contributed by atoms with Crippen LogP contribution in [0.3, 0.4) is 0 Å². The minimum absolute atomic E-state index is 1.14. The average Bonchev–Trinajstić information content (AvgIpc) is 2.74. The Morgan fingerprint density at radius 1 is 0.750 bits per heavy atom. The first-order chi connectivity index (χ1) is 13.7. The van der Waals surface area contributed by atoms with Crippen LogP contribution in [0.15, 0.2) is 91.4 Å². The summed E-state index contributed by atoms with van der Waals surface area (Å²) in [5.41, 5.74) is 6.15. The van der Waals surface area contributed by atoms with Crippen molar-refractivity contribution in [2.45, 2.75) is 6.92 Å². The summed E-state index contributed by atoms with van der Waals surface area (Å²) in [6, 6.07) is 26.1. The molecular weight excluding hydrogens is 340 g/mol. The molecule has 0 aliphatic heterocycles. The molecule has 0 amide bonds. The molecule has 0 spiro atoms. The highest BCUT2D eigenvalue weighted by Gasteiger charge is 2.18. The highest BCUT2D eigenvalue weighted by Crippen LogP contribution is 2.32. The standard InChI is InChI=1S/C26H21N2/c1-18-14-19-6-3-4-7-20(19)16-25(18)26-24-10-9-21(23-8-5-12-27-17-23)15-22(24)11-13-28(26)2/h3-17H,1-2H3/q+1. The molecule has 5 aromatic rings. The summed E-state index contributed by atoms with van der Waals surface area (Å²) in [6.45, 7) is 2.20. The quantitative estimate of drug-likeness (QED) is 0.360. The molecule has 0 fully saturated rings. The molecule has 2 heterocycles. The van der Waals surface area contributed by atoms with Gasteiger partial charge in [-0.05, 0) is 58.5 Å². The maximum absolute atomic E-state index is 4.26. The predicted molar refractivity (Wildman–Crippen MR) is 116 cm³/mol. The maximum Gasteiger partial charge on any atom is 0.220 e. The average molecular weight is 361 g/mol. The van der Waals surface area contributed by atoms with E-state index < -0.39 is 0 Å². The third kappa shape index (κ3) is 2.74. The van der Waals surface area contributed by atoms with E-state index in [0.717, 1.165) is 5.56 Å². The molecule has 3 aromatic carbocycles. The van der Waals surface area contributed by atoms with E-state index in [0.29, 0.717) is 0 Å². The third-order valence-corrected chi connectivity index (χ3v) is 5.48. The lowest BCUT2D eigenvalue weighted by Crippen LogP contribution is -2.30. The zero-order chi connectivity index (χ0) is 19.1. The molecule has 0 radical (unpaired) electrons. The molecule has 0 N–H and O–H groups in total. The van der Waals surface area contributed by atoms with Gasteiger partial charge in [-0.2, -0.15) is 0 Å². The number of aryl methyl sites for hydroxylation is 2. The minimum atomic E-state index is 1.14. The monoisotopic (exact) mass is 361 g/mol. The van der Waals surface area contributed by atoms with Crippen molar-refractivity contribution < 1.29 is 4.57 Å². The van der Waals surface area contributed by atoms with E-state index in [1.54, 1.807) is 0 Å². The summed E-state index contributed by atoms with van der Waals surface area (Å²) >= 11 is 0. The van der Waals surface area contributed by atoms with Crippen molar-refractivity contribution in [2.24, 2.45) is 7.05 Å². The van der Waals surface area contributed by atoms with Crippen LogP contribution in [0, 0.1) is 6.92 Å². The first kappa shape index (κ1) is 16.6. The minimum Gasteiger partial charge on any atom is -0.264 e. The number of hydrogen-bond donors (Lipinski definition) is 0. The van der Waals surface area contributed by atoms with Gasteiger partial charge in [0.25, 0.3) is 0 Å². The molecule has 2 heteroatoms. The number of hydrogen-bond acceptors (Lipinski definition) is 1. The molecular formula is C26H21N2+. The van der Waals surface area contributed by atoms with Gasteiger partial charge in [-0.3, -0.25) is 4.98 Å². The Labute approximate surface area is 164 Å². The van der Waals surface area contributed by atoms with Crippen LogP contribution < -0.4 is 4.57 Å². The molecule has 28 heavy (non-hydrogen) atoms. The van der Waals surface area contributed by atoms with Crippen molar-refractivity contribution in [3.8, 4) is 22.4 Å². The van der Waals surface area contributed by atoms with Crippen molar-refractivity contribution in [1.82, 2.24) is 4.98 Å². The molecule has 0 saturated heterocycles. The summed E-state index contributed by atoms with van der Waals surface area (Å²) in [5.74, 6) is 0. The molecule has 5 rings (SSSR count). The van der Waals surface area contributed by atoms with Gasteiger partial charge in [0, 0.05) is 24.0 Å². The smallest absolute Gasteiger partial charge is 0.220 e. The largest absolute Gasteiger partial charge is 0.264 e. The number of pyridine rings is 2. The fourth-order valence-electron chi connectivity index (χ4n) is 4.03. The SMILES string of the molecule is Cc1cc2ccccc2cc1-c1c2ccc(-c3cccnc3)cc2cc[n+]1C. The Morgan fingerprint density at radius 3 is 2.36 bits per heavy atom. The number of rotatable bonds is 2. The van der Waals surface area contributed by atoms with Crippen molar-refractivity contribution >= 4 is 21.5 Å². The van der Waals surface area contributed by atoms with Crippen LogP contribution >= 0.6 is 0 Å². The second-order valence-corrected chi connectivity index (χ2v) is 7.33. The van der Waals surface area contributed by atoms with Gasteiger partial charge >= 0.3 is 0 Å². The van der Waals surface area contributed by atoms with Crippen molar-refractivity contribution in [1.29, 1.82) is 0 Å². The lowest BCUT2D eigenvalue weighted by Gasteiger charge is -2.11. The molecule has 2 nitrogen and oxygen atoms in total. The van der Waals surface area contributed by atoms with Crippen LogP contribution in [0.25, 0.3) is 43.9 Å². The zero-order valence-corrected chi connectivity index (χ0v) is 16.1. The summed E-state index contributed by atoms with van der Waals surface area (Å²) in [5, 5.41) is 5.05. The van der Waals surface area contributed by atoms with Gasteiger partial charge < -0.3 is 0 Å². The topological polar surface area (TPSA) is 16.8 Å². The Kier molecular flexibility index (Phi) is 3.91. The molecule has 134 valence electrons. The van der Waals surface area contributed by atoms with E-state index in [1.165, 1.54) is 43.9 Å². The Bertz CT molecular complexity index is 1320. The summed E-state index contributed by atoms with van der Waals surface area (Å²) in [7, 11) is 2.12. The number of fused-ring (bicyclic) bond motifs is 2. The normalized spacial score (nSPS) is 11.2. The first-order valence-electron chi connectivity index (χ1n) is 9.53. The van der Waals surface area contributed by atoms with E-state index in [4.69, 9.17) is 0 Å². The second-order valence-electron chi connectivity index (χ2n) is 7.33. The van der Waals surface area contributed by atoms with Gasteiger partial charge in [0.15, 0.2) is 6.20 Å². The molecule has 0 aliphatic carbocycles. The highest BCUT2D eigenvalue weighted by molar-refractivity contribution is 5.98.